The molecule has 0 aromatic rings. The van der Waals surface area contributed by atoms with Crippen LogP contribution in [0, 0.1) is 10.8 Å². The van der Waals surface area contributed by atoms with Crippen LogP contribution in [0.15, 0.2) is 0 Å². The number of alkyl halides is 1. The molecule has 23 heavy (non-hydrogen) atoms. The standard InChI is InChI=1S/C18H33BrO4/c1-6-22-15(20)17(2,3)12-8-10-14-23-16(21)18(4,5)11-7-9-13-19/h6-14H2,1-5H3. The maximum atomic E-state index is 12.1. The van der Waals surface area contributed by atoms with Gasteiger partial charge in [-0.05, 0) is 66.7 Å². The maximum absolute atomic E-state index is 12.1. The molecule has 4 nitrogen and oxygen atoms in total. The summed E-state index contributed by atoms with van der Waals surface area (Å²) in [6.45, 7) is 10.3. The van der Waals surface area contributed by atoms with Crippen LogP contribution in [0.2, 0.25) is 0 Å². The number of ether oxygens (including phenoxy) is 2. The van der Waals surface area contributed by atoms with Crippen molar-refractivity contribution in [2.45, 2.75) is 73.1 Å². The zero-order valence-electron chi connectivity index (χ0n) is 15.4. The Hall–Kier alpha value is -0.580. The van der Waals surface area contributed by atoms with E-state index in [2.05, 4.69) is 15.9 Å². The minimum atomic E-state index is -0.477. The molecule has 0 heterocycles. The van der Waals surface area contributed by atoms with Gasteiger partial charge in [-0.3, -0.25) is 9.59 Å². The molecular formula is C18H33BrO4. The third kappa shape index (κ3) is 9.33. The number of esters is 2. The minimum Gasteiger partial charge on any atom is -0.466 e. The van der Waals surface area contributed by atoms with Crippen LogP contribution in [-0.2, 0) is 19.1 Å². The lowest BCUT2D eigenvalue weighted by Gasteiger charge is -2.23. The highest BCUT2D eigenvalue weighted by atomic mass is 79.9. The number of carbonyl (C=O) groups excluding carboxylic acids is 2. The average molecular weight is 393 g/mol. The molecule has 0 N–H and O–H groups in total. The van der Waals surface area contributed by atoms with Gasteiger partial charge in [0.25, 0.3) is 0 Å². The predicted molar refractivity (Wildman–Crippen MR) is 96.7 cm³/mol. The van der Waals surface area contributed by atoms with Crippen LogP contribution in [0.1, 0.15) is 73.1 Å². The van der Waals surface area contributed by atoms with E-state index in [0.29, 0.717) is 13.2 Å². The van der Waals surface area contributed by atoms with Crippen LogP contribution in [0.25, 0.3) is 0 Å². The van der Waals surface area contributed by atoms with E-state index in [1.54, 1.807) is 0 Å². The molecule has 0 unspecified atom stereocenters. The zero-order valence-corrected chi connectivity index (χ0v) is 17.0. The Kier molecular flexibility index (Phi) is 10.8. The number of hydrogen-bond acceptors (Lipinski definition) is 4. The van der Waals surface area contributed by atoms with Gasteiger partial charge in [-0.1, -0.05) is 22.4 Å². The summed E-state index contributed by atoms with van der Waals surface area (Å²) < 4.78 is 10.5. The Morgan fingerprint density at radius 2 is 1.30 bits per heavy atom. The van der Waals surface area contributed by atoms with E-state index in [1.165, 1.54) is 0 Å². The molecule has 0 aliphatic rings. The van der Waals surface area contributed by atoms with E-state index in [1.807, 2.05) is 34.6 Å². The van der Waals surface area contributed by atoms with Gasteiger partial charge in [-0.2, -0.15) is 0 Å². The van der Waals surface area contributed by atoms with Gasteiger partial charge >= 0.3 is 11.9 Å². The molecule has 0 amide bonds. The fourth-order valence-electron chi connectivity index (χ4n) is 2.22. The highest BCUT2D eigenvalue weighted by Gasteiger charge is 2.30. The first-order valence-corrected chi connectivity index (χ1v) is 9.70. The smallest absolute Gasteiger partial charge is 0.311 e. The van der Waals surface area contributed by atoms with Gasteiger partial charge in [0.1, 0.15) is 0 Å². The molecule has 0 spiro atoms. The molecule has 0 bridgehead atoms. The van der Waals surface area contributed by atoms with Gasteiger partial charge in [0, 0.05) is 5.33 Å². The van der Waals surface area contributed by atoms with Crippen LogP contribution in [0.3, 0.4) is 0 Å². The Bertz CT molecular complexity index is 364. The molecule has 0 saturated heterocycles. The fourth-order valence-corrected chi connectivity index (χ4v) is 2.62. The summed E-state index contributed by atoms with van der Waals surface area (Å²) in [6, 6.07) is 0. The van der Waals surface area contributed by atoms with Crippen LogP contribution in [-0.4, -0.2) is 30.5 Å². The quantitative estimate of drug-likeness (QED) is 0.269. The van der Waals surface area contributed by atoms with Crippen molar-refractivity contribution in [3.05, 3.63) is 0 Å². The first-order valence-electron chi connectivity index (χ1n) is 8.58. The summed E-state index contributed by atoms with van der Waals surface area (Å²) in [5, 5.41) is 0.967. The van der Waals surface area contributed by atoms with Crippen LogP contribution in [0.4, 0.5) is 0 Å². The number of hydrogen-bond donors (Lipinski definition) is 0. The average Bonchev–Trinajstić information content (AvgIpc) is 2.46. The van der Waals surface area contributed by atoms with E-state index in [0.717, 1.165) is 43.9 Å². The largest absolute Gasteiger partial charge is 0.466 e. The van der Waals surface area contributed by atoms with E-state index >= 15 is 0 Å². The highest BCUT2D eigenvalue weighted by Crippen LogP contribution is 2.27. The van der Waals surface area contributed by atoms with E-state index in [-0.39, 0.29) is 11.9 Å². The van der Waals surface area contributed by atoms with Crippen molar-refractivity contribution in [1.82, 2.24) is 0 Å². The summed E-state index contributed by atoms with van der Waals surface area (Å²) >= 11 is 3.40. The van der Waals surface area contributed by atoms with E-state index < -0.39 is 10.8 Å². The summed E-state index contributed by atoms with van der Waals surface area (Å²) in [4.78, 5) is 23.9. The lowest BCUT2D eigenvalue weighted by atomic mass is 9.87. The van der Waals surface area contributed by atoms with Gasteiger partial charge < -0.3 is 9.47 Å². The Morgan fingerprint density at radius 1 is 0.826 bits per heavy atom. The van der Waals surface area contributed by atoms with E-state index in [9.17, 15) is 9.59 Å². The summed E-state index contributed by atoms with van der Waals surface area (Å²) in [5.41, 5.74) is -0.901. The normalized spacial score (nSPS) is 12.1. The maximum Gasteiger partial charge on any atom is 0.311 e. The van der Waals surface area contributed by atoms with E-state index in [4.69, 9.17) is 9.47 Å². The van der Waals surface area contributed by atoms with Crippen molar-refractivity contribution in [1.29, 1.82) is 0 Å². The molecule has 136 valence electrons. The van der Waals surface area contributed by atoms with Crippen molar-refractivity contribution in [3.8, 4) is 0 Å². The Labute approximate surface area is 149 Å². The highest BCUT2D eigenvalue weighted by molar-refractivity contribution is 9.09. The lowest BCUT2D eigenvalue weighted by Crippen LogP contribution is -2.28. The first-order chi connectivity index (χ1) is 10.7. The first kappa shape index (κ1) is 22.4. The molecule has 0 atom stereocenters. The Morgan fingerprint density at radius 3 is 1.78 bits per heavy atom. The summed E-state index contributed by atoms with van der Waals surface area (Å²) in [6.07, 6.45) is 5.27. The molecule has 0 aromatic carbocycles. The number of unbranched alkanes of at least 4 members (excludes halogenated alkanes) is 2. The van der Waals surface area contributed by atoms with Gasteiger partial charge in [-0.25, -0.2) is 0 Å². The number of halogens is 1. The molecule has 0 aliphatic heterocycles. The van der Waals surface area contributed by atoms with Crippen molar-refractivity contribution >= 4 is 27.9 Å². The molecule has 0 fully saturated rings. The fraction of sp³-hybridized carbons (Fsp3) is 0.889. The number of carbonyl (C=O) groups is 2. The molecular weight excluding hydrogens is 360 g/mol. The SMILES string of the molecule is CCOC(=O)C(C)(C)CCCCOC(=O)C(C)(C)CCCCBr. The van der Waals surface area contributed by atoms with Crippen LogP contribution >= 0.6 is 15.9 Å². The molecule has 0 saturated carbocycles. The lowest BCUT2D eigenvalue weighted by molar-refractivity contribution is -0.156. The number of rotatable bonds is 12. The molecule has 0 rings (SSSR count). The topological polar surface area (TPSA) is 52.6 Å². The predicted octanol–water partition coefficient (Wildman–Crippen LogP) is 4.88. The van der Waals surface area contributed by atoms with Crippen LogP contribution < -0.4 is 0 Å². The zero-order chi connectivity index (χ0) is 17.9. The van der Waals surface area contributed by atoms with Crippen molar-refractivity contribution < 1.29 is 19.1 Å². The molecule has 5 heteroatoms. The monoisotopic (exact) mass is 392 g/mol. The third-order valence-corrected chi connectivity index (χ3v) is 4.56. The van der Waals surface area contributed by atoms with Crippen molar-refractivity contribution in [2.24, 2.45) is 10.8 Å². The second kappa shape index (κ2) is 11.1. The second-order valence-electron chi connectivity index (χ2n) is 7.23. The van der Waals surface area contributed by atoms with Gasteiger partial charge in [-0.15, -0.1) is 0 Å². The summed E-state index contributed by atoms with van der Waals surface area (Å²) in [7, 11) is 0. The summed E-state index contributed by atoms with van der Waals surface area (Å²) in [5.74, 6) is -0.290. The Balaban J connectivity index is 3.98. The third-order valence-electron chi connectivity index (χ3n) is 4.00. The van der Waals surface area contributed by atoms with Gasteiger partial charge in [0.05, 0.1) is 24.0 Å². The van der Waals surface area contributed by atoms with Crippen molar-refractivity contribution in [2.75, 3.05) is 18.5 Å². The minimum absolute atomic E-state index is 0.128. The molecule has 0 aromatic heterocycles. The molecule has 0 radical (unpaired) electrons. The van der Waals surface area contributed by atoms with Gasteiger partial charge in [0.15, 0.2) is 0 Å². The second-order valence-corrected chi connectivity index (χ2v) is 8.02. The molecule has 0 aliphatic carbocycles. The van der Waals surface area contributed by atoms with Crippen molar-refractivity contribution in [3.63, 3.8) is 0 Å². The van der Waals surface area contributed by atoms with Gasteiger partial charge in [0.2, 0.25) is 0 Å². The van der Waals surface area contributed by atoms with Crippen LogP contribution in [0.5, 0.6) is 0 Å².